The standard InChI is InChI=1S/C9H11Cl2N/c1-2-12-6-7-3-4-8(10)9(11)5-7/h3-5,12H,2,6H2,1H3. The van der Waals surface area contributed by atoms with Gasteiger partial charge in [-0.2, -0.15) is 0 Å². The van der Waals surface area contributed by atoms with Crippen LogP contribution in [0.3, 0.4) is 0 Å². The second-order valence-electron chi connectivity index (χ2n) is 2.53. The summed E-state index contributed by atoms with van der Waals surface area (Å²) in [7, 11) is 0. The molecule has 0 atom stereocenters. The predicted molar refractivity (Wildman–Crippen MR) is 53.8 cm³/mol. The Kier molecular flexibility index (Phi) is 3.86. The Morgan fingerprint density at radius 3 is 2.58 bits per heavy atom. The summed E-state index contributed by atoms with van der Waals surface area (Å²) in [6.07, 6.45) is 0. The molecule has 0 amide bonds. The Morgan fingerprint density at radius 1 is 1.25 bits per heavy atom. The van der Waals surface area contributed by atoms with Crippen LogP contribution in [-0.4, -0.2) is 6.54 Å². The minimum absolute atomic E-state index is 0.608. The molecule has 12 heavy (non-hydrogen) atoms. The maximum absolute atomic E-state index is 5.83. The van der Waals surface area contributed by atoms with E-state index in [1.165, 1.54) is 0 Å². The Morgan fingerprint density at radius 2 is 2.00 bits per heavy atom. The Labute approximate surface area is 82.7 Å². The van der Waals surface area contributed by atoms with E-state index in [1.807, 2.05) is 18.2 Å². The molecule has 0 unspecified atom stereocenters. The van der Waals surface area contributed by atoms with Crippen LogP contribution >= 0.6 is 23.2 Å². The molecule has 66 valence electrons. The lowest BCUT2D eigenvalue weighted by atomic mass is 10.2. The number of rotatable bonds is 3. The maximum Gasteiger partial charge on any atom is 0.0595 e. The number of hydrogen-bond donors (Lipinski definition) is 1. The van der Waals surface area contributed by atoms with Crippen molar-refractivity contribution in [3.63, 3.8) is 0 Å². The average Bonchev–Trinajstić information content (AvgIpc) is 2.07. The van der Waals surface area contributed by atoms with Gasteiger partial charge in [0, 0.05) is 6.54 Å². The van der Waals surface area contributed by atoms with Gasteiger partial charge >= 0.3 is 0 Å². The molecule has 0 saturated heterocycles. The lowest BCUT2D eigenvalue weighted by Crippen LogP contribution is -2.11. The predicted octanol–water partition coefficient (Wildman–Crippen LogP) is 3.10. The topological polar surface area (TPSA) is 12.0 Å². The van der Waals surface area contributed by atoms with E-state index >= 15 is 0 Å². The lowest BCUT2D eigenvalue weighted by molar-refractivity contribution is 0.727. The van der Waals surface area contributed by atoms with Gasteiger partial charge < -0.3 is 5.32 Å². The Bertz CT molecular complexity index is 261. The van der Waals surface area contributed by atoms with Crippen molar-refractivity contribution in [2.24, 2.45) is 0 Å². The van der Waals surface area contributed by atoms with Gasteiger partial charge in [-0.3, -0.25) is 0 Å². The fourth-order valence-electron chi connectivity index (χ4n) is 0.919. The molecule has 0 aromatic heterocycles. The van der Waals surface area contributed by atoms with Crippen LogP contribution in [0.1, 0.15) is 12.5 Å². The third-order valence-electron chi connectivity index (χ3n) is 1.56. The zero-order valence-electron chi connectivity index (χ0n) is 6.90. The highest BCUT2D eigenvalue weighted by atomic mass is 35.5. The van der Waals surface area contributed by atoms with Gasteiger partial charge in [0.25, 0.3) is 0 Å². The quantitative estimate of drug-likeness (QED) is 0.797. The van der Waals surface area contributed by atoms with Crippen LogP contribution < -0.4 is 5.32 Å². The summed E-state index contributed by atoms with van der Waals surface area (Å²) in [5, 5.41) is 4.44. The molecule has 0 saturated carbocycles. The Hall–Kier alpha value is -0.240. The highest BCUT2D eigenvalue weighted by Gasteiger charge is 1.97. The molecule has 0 bridgehead atoms. The summed E-state index contributed by atoms with van der Waals surface area (Å²) >= 11 is 11.6. The van der Waals surface area contributed by atoms with Crippen molar-refractivity contribution in [1.82, 2.24) is 5.32 Å². The molecular formula is C9H11Cl2N. The number of nitrogens with one attached hydrogen (secondary N) is 1. The van der Waals surface area contributed by atoms with Gasteiger partial charge in [0.15, 0.2) is 0 Å². The maximum atomic E-state index is 5.83. The molecule has 0 heterocycles. The second-order valence-corrected chi connectivity index (χ2v) is 3.34. The summed E-state index contributed by atoms with van der Waals surface area (Å²) in [5.74, 6) is 0. The summed E-state index contributed by atoms with van der Waals surface area (Å²) < 4.78 is 0. The van der Waals surface area contributed by atoms with Crippen molar-refractivity contribution in [2.75, 3.05) is 6.54 Å². The summed E-state index contributed by atoms with van der Waals surface area (Å²) in [6.45, 7) is 3.87. The van der Waals surface area contributed by atoms with Crippen molar-refractivity contribution in [2.45, 2.75) is 13.5 Å². The average molecular weight is 204 g/mol. The first-order chi connectivity index (χ1) is 5.74. The number of benzene rings is 1. The van der Waals surface area contributed by atoms with Gasteiger partial charge in [-0.15, -0.1) is 0 Å². The lowest BCUT2D eigenvalue weighted by Gasteiger charge is -2.02. The van der Waals surface area contributed by atoms with Crippen molar-refractivity contribution in [3.05, 3.63) is 33.8 Å². The normalized spacial score (nSPS) is 10.2. The highest BCUT2D eigenvalue weighted by molar-refractivity contribution is 6.41. The van der Waals surface area contributed by atoms with Crippen LogP contribution in [0.5, 0.6) is 0 Å². The van der Waals surface area contributed by atoms with E-state index in [1.54, 1.807) is 0 Å². The number of hydrogen-bond acceptors (Lipinski definition) is 1. The molecule has 0 aliphatic heterocycles. The van der Waals surface area contributed by atoms with Gasteiger partial charge in [0.05, 0.1) is 10.0 Å². The molecule has 1 nitrogen and oxygen atoms in total. The summed E-state index contributed by atoms with van der Waals surface area (Å²) in [6, 6.07) is 5.67. The Balaban J connectivity index is 2.69. The van der Waals surface area contributed by atoms with Crippen LogP contribution in [-0.2, 0) is 6.54 Å². The molecule has 1 aromatic carbocycles. The third kappa shape index (κ3) is 2.67. The van der Waals surface area contributed by atoms with E-state index in [4.69, 9.17) is 23.2 Å². The van der Waals surface area contributed by atoms with Crippen molar-refractivity contribution >= 4 is 23.2 Å². The van der Waals surface area contributed by atoms with Crippen LogP contribution in [0.2, 0.25) is 10.0 Å². The van der Waals surface area contributed by atoms with E-state index in [-0.39, 0.29) is 0 Å². The van der Waals surface area contributed by atoms with Crippen molar-refractivity contribution in [3.8, 4) is 0 Å². The van der Waals surface area contributed by atoms with Crippen LogP contribution in [0.25, 0.3) is 0 Å². The third-order valence-corrected chi connectivity index (χ3v) is 2.30. The van der Waals surface area contributed by atoms with Gasteiger partial charge in [-0.05, 0) is 24.2 Å². The molecule has 0 aliphatic carbocycles. The molecule has 3 heteroatoms. The minimum atomic E-state index is 0.608. The summed E-state index contributed by atoms with van der Waals surface area (Å²) in [5.41, 5.74) is 1.16. The molecule has 1 aromatic rings. The fraction of sp³-hybridized carbons (Fsp3) is 0.333. The van der Waals surface area contributed by atoms with Gasteiger partial charge in [0.1, 0.15) is 0 Å². The van der Waals surface area contributed by atoms with E-state index in [0.29, 0.717) is 10.0 Å². The molecule has 0 aliphatic rings. The van der Waals surface area contributed by atoms with E-state index in [0.717, 1.165) is 18.7 Å². The largest absolute Gasteiger partial charge is 0.313 e. The summed E-state index contributed by atoms with van der Waals surface area (Å²) in [4.78, 5) is 0. The smallest absolute Gasteiger partial charge is 0.0595 e. The van der Waals surface area contributed by atoms with Crippen LogP contribution in [0.15, 0.2) is 18.2 Å². The molecule has 0 spiro atoms. The first-order valence-electron chi connectivity index (χ1n) is 3.88. The van der Waals surface area contributed by atoms with E-state index < -0.39 is 0 Å². The monoisotopic (exact) mass is 203 g/mol. The molecule has 1 rings (SSSR count). The van der Waals surface area contributed by atoms with Crippen LogP contribution in [0.4, 0.5) is 0 Å². The number of halogens is 2. The van der Waals surface area contributed by atoms with Gasteiger partial charge in [0.2, 0.25) is 0 Å². The zero-order chi connectivity index (χ0) is 8.97. The fourth-order valence-corrected chi connectivity index (χ4v) is 1.24. The second kappa shape index (κ2) is 4.70. The molecule has 0 radical (unpaired) electrons. The minimum Gasteiger partial charge on any atom is -0.313 e. The highest BCUT2D eigenvalue weighted by Crippen LogP contribution is 2.22. The first kappa shape index (κ1) is 9.85. The van der Waals surface area contributed by atoms with E-state index in [9.17, 15) is 0 Å². The molecular weight excluding hydrogens is 193 g/mol. The van der Waals surface area contributed by atoms with Crippen molar-refractivity contribution < 1.29 is 0 Å². The zero-order valence-corrected chi connectivity index (χ0v) is 8.41. The van der Waals surface area contributed by atoms with Crippen molar-refractivity contribution in [1.29, 1.82) is 0 Å². The first-order valence-corrected chi connectivity index (χ1v) is 4.64. The van der Waals surface area contributed by atoms with E-state index in [2.05, 4.69) is 12.2 Å². The SMILES string of the molecule is CCNCc1ccc(Cl)c(Cl)c1. The molecule has 1 N–H and O–H groups in total. The van der Waals surface area contributed by atoms with Gasteiger partial charge in [-0.25, -0.2) is 0 Å². The van der Waals surface area contributed by atoms with Gasteiger partial charge in [-0.1, -0.05) is 36.2 Å². The van der Waals surface area contributed by atoms with Crippen LogP contribution in [0, 0.1) is 0 Å². The molecule has 0 fully saturated rings.